The third kappa shape index (κ3) is 6.97. The predicted octanol–water partition coefficient (Wildman–Crippen LogP) is 8.89. The van der Waals surface area contributed by atoms with E-state index >= 15 is 0 Å². The monoisotopic (exact) mass is 666 g/mol. The molecule has 0 bridgehead atoms. The fraction of sp³-hybridized carbons (Fsp3) is 0.613. The van der Waals surface area contributed by atoms with Gasteiger partial charge in [0.2, 0.25) is 0 Å². The fourth-order valence-electron chi connectivity index (χ4n) is 6.90. The van der Waals surface area contributed by atoms with E-state index in [0.29, 0.717) is 36.5 Å². The molecule has 1 amide bonds. The molecule has 2 saturated heterocycles. The number of rotatable bonds is 7. The SMILES string of the molecule is CCN(c1ncc(N2CCCC2C(F)(F)F)cc1CN1C(=O)O[C@H](c2cc(C(F)(F)F)cc(C(F)(F)F)c2)[C@@H]1C)C1CCCCC1. The first kappa shape index (κ1) is 34.0. The van der Waals surface area contributed by atoms with E-state index < -0.39 is 59.5 Å². The zero-order chi connectivity index (χ0) is 33.6. The Labute approximate surface area is 260 Å². The van der Waals surface area contributed by atoms with E-state index in [1.54, 1.807) is 6.07 Å². The number of hydrogen-bond acceptors (Lipinski definition) is 5. The van der Waals surface area contributed by atoms with Crippen LogP contribution in [0.3, 0.4) is 0 Å². The van der Waals surface area contributed by atoms with Gasteiger partial charge in [-0.15, -0.1) is 0 Å². The number of halogens is 9. The van der Waals surface area contributed by atoms with E-state index in [2.05, 4.69) is 9.88 Å². The summed E-state index contributed by atoms with van der Waals surface area (Å²) in [6.07, 6.45) is -10.7. The van der Waals surface area contributed by atoms with Crippen LogP contribution in [0.1, 0.15) is 87.2 Å². The molecule has 3 aliphatic rings. The zero-order valence-electron chi connectivity index (χ0n) is 25.3. The van der Waals surface area contributed by atoms with Gasteiger partial charge in [0.15, 0.2) is 0 Å². The number of ether oxygens (including phenoxy) is 1. The Morgan fingerprint density at radius 3 is 2.09 bits per heavy atom. The van der Waals surface area contributed by atoms with Crippen molar-refractivity contribution in [1.82, 2.24) is 9.88 Å². The number of carbonyl (C=O) groups excluding carboxylic acids is 1. The molecule has 5 rings (SSSR count). The molecule has 3 atom stereocenters. The van der Waals surface area contributed by atoms with Gasteiger partial charge < -0.3 is 14.5 Å². The van der Waals surface area contributed by atoms with Gasteiger partial charge in [0.05, 0.1) is 35.6 Å². The molecular weight excluding hydrogens is 631 g/mol. The number of aromatic nitrogens is 1. The molecule has 3 fully saturated rings. The summed E-state index contributed by atoms with van der Waals surface area (Å²) in [7, 11) is 0. The summed E-state index contributed by atoms with van der Waals surface area (Å²) < 4.78 is 128. The lowest BCUT2D eigenvalue weighted by Crippen LogP contribution is -2.42. The average Bonchev–Trinajstić information content (AvgIpc) is 3.59. The molecular formula is C31H35F9N4O2. The minimum absolute atomic E-state index is 0.00329. The summed E-state index contributed by atoms with van der Waals surface area (Å²) in [5.41, 5.74) is -2.92. The van der Waals surface area contributed by atoms with Gasteiger partial charge in [-0.1, -0.05) is 19.3 Å². The second-order valence-corrected chi connectivity index (χ2v) is 12.2. The summed E-state index contributed by atoms with van der Waals surface area (Å²) >= 11 is 0. The van der Waals surface area contributed by atoms with Crippen LogP contribution in [0.5, 0.6) is 0 Å². The minimum atomic E-state index is -5.09. The summed E-state index contributed by atoms with van der Waals surface area (Å²) in [6.45, 7) is 3.80. The Balaban J connectivity index is 1.52. The van der Waals surface area contributed by atoms with Crippen LogP contribution >= 0.6 is 0 Å². The second kappa shape index (κ2) is 12.7. The average molecular weight is 667 g/mol. The van der Waals surface area contributed by atoms with E-state index in [9.17, 15) is 44.3 Å². The first-order chi connectivity index (χ1) is 21.5. The van der Waals surface area contributed by atoms with Gasteiger partial charge in [0.25, 0.3) is 0 Å². The van der Waals surface area contributed by atoms with E-state index in [0.717, 1.165) is 32.1 Å². The van der Waals surface area contributed by atoms with Crippen LogP contribution in [0.15, 0.2) is 30.5 Å². The molecule has 2 aromatic rings. The van der Waals surface area contributed by atoms with Gasteiger partial charge in [-0.25, -0.2) is 9.78 Å². The number of carbonyl (C=O) groups is 1. The van der Waals surface area contributed by atoms with Gasteiger partial charge in [-0.2, -0.15) is 39.5 Å². The number of amides is 1. The first-order valence-corrected chi connectivity index (χ1v) is 15.3. The fourth-order valence-corrected chi connectivity index (χ4v) is 6.90. The van der Waals surface area contributed by atoms with Gasteiger partial charge in [-0.3, -0.25) is 4.90 Å². The van der Waals surface area contributed by atoms with Crippen molar-refractivity contribution in [3.8, 4) is 0 Å². The van der Waals surface area contributed by atoms with Crippen molar-refractivity contribution in [2.24, 2.45) is 0 Å². The number of cyclic esters (lactones) is 1. The van der Waals surface area contributed by atoms with Crippen LogP contribution in [0, 0.1) is 0 Å². The van der Waals surface area contributed by atoms with Crippen LogP contribution < -0.4 is 9.80 Å². The van der Waals surface area contributed by atoms with Crippen molar-refractivity contribution in [3.63, 3.8) is 0 Å². The van der Waals surface area contributed by atoms with Gasteiger partial charge in [-0.05, 0) is 69.4 Å². The molecule has 2 aliphatic heterocycles. The minimum Gasteiger partial charge on any atom is -0.439 e. The zero-order valence-corrected chi connectivity index (χ0v) is 25.3. The van der Waals surface area contributed by atoms with Crippen LogP contribution in [-0.2, 0) is 23.6 Å². The number of benzene rings is 1. The highest BCUT2D eigenvalue weighted by atomic mass is 19.4. The van der Waals surface area contributed by atoms with Gasteiger partial charge >= 0.3 is 24.6 Å². The number of anilines is 2. The highest BCUT2D eigenvalue weighted by molar-refractivity contribution is 5.72. The molecule has 1 aromatic heterocycles. The molecule has 3 heterocycles. The summed E-state index contributed by atoms with van der Waals surface area (Å²) in [5.74, 6) is 0.461. The number of hydrogen-bond donors (Lipinski definition) is 0. The number of pyridine rings is 1. The number of nitrogens with zero attached hydrogens (tertiary/aromatic N) is 4. The number of alkyl halides is 9. The molecule has 1 aliphatic carbocycles. The molecule has 0 N–H and O–H groups in total. The van der Waals surface area contributed by atoms with Gasteiger partial charge in [0.1, 0.15) is 18.0 Å². The first-order valence-electron chi connectivity index (χ1n) is 15.3. The summed E-state index contributed by atoms with van der Waals surface area (Å²) in [6, 6.07) is -0.000985. The lowest BCUT2D eigenvalue weighted by atomic mass is 9.93. The lowest BCUT2D eigenvalue weighted by molar-refractivity contribution is -0.146. The maximum Gasteiger partial charge on any atom is 0.416 e. The van der Waals surface area contributed by atoms with E-state index in [1.165, 1.54) is 22.9 Å². The van der Waals surface area contributed by atoms with Crippen molar-refractivity contribution >= 4 is 17.6 Å². The Morgan fingerprint density at radius 2 is 1.52 bits per heavy atom. The van der Waals surface area contributed by atoms with Crippen molar-refractivity contribution in [2.45, 2.75) is 108 Å². The smallest absolute Gasteiger partial charge is 0.416 e. The largest absolute Gasteiger partial charge is 0.439 e. The Hall–Kier alpha value is -3.39. The molecule has 15 heteroatoms. The highest BCUT2D eigenvalue weighted by Gasteiger charge is 2.47. The second-order valence-electron chi connectivity index (χ2n) is 12.2. The predicted molar refractivity (Wildman–Crippen MR) is 151 cm³/mol. The van der Waals surface area contributed by atoms with Crippen molar-refractivity contribution in [1.29, 1.82) is 0 Å². The summed E-state index contributed by atoms with van der Waals surface area (Å²) in [4.78, 5) is 22.2. The Bertz CT molecular complexity index is 1370. The Morgan fingerprint density at radius 1 is 0.891 bits per heavy atom. The highest BCUT2D eigenvalue weighted by Crippen LogP contribution is 2.43. The molecule has 46 heavy (non-hydrogen) atoms. The van der Waals surface area contributed by atoms with Crippen LogP contribution in [-0.4, -0.2) is 53.4 Å². The van der Waals surface area contributed by atoms with Crippen molar-refractivity contribution in [2.75, 3.05) is 22.9 Å². The maximum atomic E-state index is 13.9. The molecule has 0 radical (unpaired) electrons. The van der Waals surface area contributed by atoms with E-state index in [4.69, 9.17) is 4.74 Å². The van der Waals surface area contributed by atoms with Crippen molar-refractivity contribution < 1.29 is 49.0 Å². The standard InChI is InChI=1S/C31H35F9N4O2/c1-3-42(23-8-5-4-6-9-23)27-20(14-24(16-41-27)43-11-7-10-25(43)31(38,39)40)17-44-18(2)26(46-28(44)45)19-12-21(29(32,33)34)15-22(13-19)30(35,36)37/h12-16,18,23,25-26H,3-11,17H2,1-2H3/t18-,25?,26-/m0/s1. The van der Waals surface area contributed by atoms with E-state index in [1.807, 2.05) is 6.92 Å². The summed E-state index contributed by atoms with van der Waals surface area (Å²) in [5, 5.41) is 0. The Kier molecular flexibility index (Phi) is 9.35. The molecule has 6 nitrogen and oxygen atoms in total. The third-order valence-corrected chi connectivity index (χ3v) is 9.19. The molecule has 1 unspecified atom stereocenters. The van der Waals surface area contributed by atoms with Gasteiger partial charge in [0, 0.05) is 24.7 Å². The van der Waals surface area contributed by atoms with Crippen molar-refractivity contribution in [3.05, 3.63) is 52.7 Å². The normalized spacial score (nSPS) is 23.3. The molecule has 254 valence electrons. The van der Waals surface area contributed by atoms with Crippen LogP contribution in [0.2, 0.25) is 0 Å². The maximum absolute atomic E-state index is 13.9. The lowest BCUT2D eigenvalue weighted by Gasteiger charge is -2.37. The molecule has 1 saturated carbocycles. The topological polar surface area (TPSA) is 48.9 Å². The molecule has 1 aromatic carbocycles. The third-order valence-electron chi connectivity index (χ3n) is 9.19. The van der Waals surface area contributed by atoms with Crippen LogP contribution in [0.4, 0.5) is 55.8 Å². The van der Waals surface area contributed by atoms with Crippen LogP contribution in [0.25, 0.3) is 0 Å². The van der Waals surface area contributed by atoms with E-state index in [-0.39, 0.29) is 37.3 Å². The molecule has 0 spiro atoms. The quantitative estimate of drug-likeness (QED) is 0.277.